The number of aromatic nitrogens is 4. The van der Waals surface area contributed by atoms with Crippen LogP contribution >= 0.6 is 0 Å². The summed E-state index contributed by atoms with van der Waals surface area (Å²) in [4.78, 5) is 2.37. The predicted octanol–water partition coefficient (Wildman–Crippen LogP) is 0.0719. The van der Waals surface area contributed by atoms with Crippen LogP contribution in [-0.4, -0.2) is 46.4 Å². The lowest BCUT2D eigenvalue weighted by molar-refractivity contribution is 0.589. The highest BCUT2D eigenvalue weighted by molar-refractivity contribution is 5.53. The lowest BCUT2D eigenvalue weighted by Gasteiger charge is -2.29. The molecular weight excluding hydrogens is 216 g/mol. The first-order valence-electron chi connectivity index (χ1n) is 5.72. The number of nitrogens with zero attached hydrogens (tertiary/aromatic N) is 5. The first-order chi connectivity index (χ1) is 8.43. The van der Waals surface area contributed by atoms with Gasteiger partial charge in [0.2, 0.25) is 0 Å². The van der Waals surface area contributed by atoms with Crippen molar-refractivity contribution in [2.75, 3.05) is 31.1 Å². The first-order valence-corrected chi connectivity index (χ1v) is 5.72. The molecule has 1 saturated heterocycles. The van der Waals surface area contributed by atoms with Gasteiger partial charge in [0.25, 0.3) is 0 Å². The van der Waals surface area contributed by atoms with Crippen LogP contribution in [-0.2, 0) is 0 Å². The van der Waals surface area contributed by atoms with Crippen molar-refractivity contribution in [1.29, 1.82) is 0 Å². The van der Waals surface area contributed by atoms with Crippen LogP contribution < -0.4 is 10.2 Å². The minimum absolute atomic E-state index is 0.992. The lowest BCUT2D eigenvalue weighted by atomic mass is 10.2. The van der Waals surface area contributed by atoms with Gasteiger partial charge in [-0.25, -0.2) is 4.68 Å². The Balaban J connectivity index is 1.88. The fourth-order valence-corrected chi connectivity index (χ4v) is 2.03. The SMILES string of the molecule is c1cc(N2CCNCC2)cc(-n2cnnn2)c1. The maximum absolute atomic E-state index is 3.90. The Morgan fingerprint density at radius 1 is 1.12 bits per heavy atom. The largest absolute Gasteiger partial charge is 0.369 e. The summed E-state index contributed by atoms with van der Waals surface area (Å²) >= 11 is 0. The Kier molecular flexibility index (Phi) is 2.71. The van der Waals surface area contributed by atoms with Gasteiger partial charge in [-0.05, 0) is 28.6 Å². The molecule has 0 spiro atoms. The number of piperazine rings is 1. The number of hydrogen-bond donors (Lipinski definition) is 1. The zero-order valence-corrected chi connectivity index (χ0v) is 9.45. The molecule has 0 atom stereocenters. The number of rotatable bonds is 2. The van der Waals surface area contributed by atoms with E-state index in [0.717, 1.165) is 31.9 Å². The second-order valence-electron chi connectivity index (χ2n) is 4.01. The zero-order valence-electron chi connectivity index (χ0n) is 9.45. The van der Waals surface area contributed by atoms with E-state index in [4.69, 9.17) is 0 Å². The lowest BCUT2D eigenvalue weighted by Crippen LogP contribution is -2.43. The molecule has 0 aliphatic carbocycles. The maximum Gasteiger partial charge on any atom is 0.143 e. The Bertz CT molecular complexity index is 474. The molecule has 3 rings (SSSR count). The van der Waals surface area contributed by atoms with Crippen molar-refractivity contribution in [1.82, 2.24) is 25.5 Å². The van der Waals surface area contributed by atoms with Crippen LogP contribution in [0.1, 0.15) is 0 Å². The first kappa shape index (κ1) is 10.2. The summed E-state index contributed by atoms with van der Waals surface area (Å²) in [6, 6.07) is 8.28. The van der Waals surface area contributed by atoms with E-state index in [1.165, 1.54) is 5.69 Å². The summed E-state index contributed by atoms with van der Waals surface area (Å²) in [6.07, 6.45) is 1.61. The third kappa shape index (κ3) is 2.12. The van der Waals surface area contributed by atoms with Gasteiger partial charge >= 0.3 is 0 Å². The summed E-state index contributed by atoms with van der Waals surface area (Å²) < 4.78 is 1.67. The number of nitrogens with one attached hydrogen (secondary N) is 1. The quantitative estimate of drug-likeness (QED) is 0.791. The molecule has 0 radical (unpaired) electrons. The zero-order chi connectivity index (χ0) is 11.5. The molecule has 2 aromatic rings. The summed E-state index contributed by atoms with van der Waals surface area (Å²) in [5.41, 5.74) is 2.21. The highest BCUT2D eigenvalue weighted by Gasteiger charge is 2.10. The molecular formula is C11H14N6. The smallest absolute Gasteiger partial charge is 0.143 e. The molecule has 1 aliphatic rings. The van der Waals surface area contributed by atoms with Crippen LogP contribution in [0.25, 0.3) is 5.69 Å². The molecule has 1 N–H and O–H groups in total. The van der Waals surface area contributed by atoms with Crippen LogP contribution in [0.3, 0.4) is 0 Å². The third-order valence-corrected chi connectivity index (χ3v) is 2.93. The van der Waals surface area contributed by atoms with E-state index in [9.17, 15) is 0 Å². The molecule has 0 bridgehead atoms. The molecule has 1 fully saturated rings. The average Bonchev–Trinajstić information content (AvgIpc) is 2.94. The summed E-state index contributed by atoms with van der Waals surface area (Å²) in [7, 11) is 0. The van der Waals surface area contributed by atoms with Gasteiger partial charge in [-0.15, -0.1) is 5.10 Å². The number of hydrogen-bond acceptors (Lipinski definition) is 5. The van der Waals surface area contributed by atoms with E-state index in [2.05, 4.69) is 37.9 Å². The standard InChI is InChI=1S/C11H14N6/c1-2-10(16-6-4-12-5-7-16)8-11(3-1)17-9-13-14-15-17/h1-3,8-9,12H,4-7H2. The van der Waals surface area contributed by atoms with E-state index in [0.29, 0.717) is 0 Å². The van der Waals surface area contributed by atoms with Gasteiger partial charge < -0.3 is 10.2 Å². The van der Waals surface area contributed by atoms with Crippen molar-refractivity contribution in [3.8, 4) is 5.69 Å². The normalized spacial score (nSPS) is 16.1. The number of tetrazole rings is 1. The van der Waals surface area contributed by atoms with Gasteiger partial charge in [0.05, 0.1) is 5.69 Å². The predicted molar refractivity (Wildman–Crippen MR) is 64.2 cm³/mol. The summed E-state index contributed by atoms with van der Waals surface area (Å²) in [5, 5.41) is 14.5. The minimum atomic E-state index is 0.992. The van der Waals surface area contributed by atoms with Crippen LogP contribution in [0, 0.1) is 0 Å². The van der Waals surface area contributed by atoms with Crippen LogP contribution in [0.15, 0.2) is 30.6 Å². The van der Waals surface area contributed by atoms with E-state index in [1.54, 1.807) is 11.0 Å². The van der Waals surface area contributed by atoms with Gasteiger partial charge in [-0.1, -0.05) is 6.07 Å². The fourth-order valence-electron chi connectivity index (χ4n) is 2.03. The van der Waals surface area contributed by atoms with Gasteiger partial charge in [0.15, 0.2) is 0 Å². The topological polar surface area (TPSA) is 58.9 Å². The Hall–Kier alpha value is -1.95. The maximum atomic E-state index is 3.90. The average molecular weight is 230 g/mol. The van der Waals surface area contributed by atoms with Crippen molar-refractivity contribution in [3.05, 3.63) is 30.6 Å². The second-order valence-corrected chi connectivity index (χ2v) is 4.01. The van der Waals surface area contributed by atoms with E-state index < -0.39 is 0 Å². The van der Waals surface area contributed by atoms with E-state index in [1.807, 2.05) is 12.1 Å². The third-order valence-electron chi connectivity index (χ3n) is 2.93. The highest BCUT2D eigenvalue weighted by atomic mass is 15.5. The Morgan fingerprint density at radius 3 is 2.71 bits per heavy atom. The molecule has 6 heteroatoms. The molecule has 0 saturated carbocycles. The van der Waals surface area contributed by atoms with E-state index in [-0.39, 0.29) is 0 Å². The number of benzene rings is 1. The molecule has 17 heavy (non-hydrogen) atoms. The molecule has 0 amide bonds. The van der Waals surface area contributed by atoms with Crippen molar-refractivity contribution >= 4 is 5.69 Å². The van der Waals surface area contributed by atoms with Crippen molar-refractivity contribution in [2.45, 2.75) is 0 Å². The molecule has 1 aromatic heterocycles. The van der Waals surface area contributed by atoms with Crippen molar-refractivity contribution in [2.24, 2.45) is 0 Å². The Labute approximate surface area is 99.2 Å². The highest BCUT2D eigenvalue weighted by Crippen LogP contribution is 2.18. The number of anilines is 1. The minimum Gasteiger partial charge on any atom is -0.369 e. The van der Waals surface area contributed by atoms with Crippen molar-refractivity contribution in [3.63, 3.8) is 0 Å². The van der Waals surface area contributed by atoms with E-state index >= 15 is 0 Å². The molecule has 0 unspecified atom stereocenters. The van der Waals surface area contributed by atoms with Gasteiger partial charge in [0, 0.05) is 31.9 Å². The Morgan fingerprint density at radius 2 is 1.94 bits per heavy atom. The molecule has 2 heterocycles. The molecule has 6 nitrogen and oxygen atoms in total. The van der Waals surface area contributed by atoms with Crippen LogP contribution in [0.2, 0.25) is 0 Å². The second kappa shape index (κ2) is 4.50. The fraction of sp³-hybridized carbons (Fsp3) is 0.364. The summed E-state index contributed by atoms with van der Waals surface area (Å²) in [5.74, 6) is 0. The molecule has 1 aromatic carbocycles. The van der Waals surface area contributed by atoms with Crippen LogP contribution in [0.4, 0.5) is 5.69 Å². The van der Waals surface area contributed by atoms with Crippen molar-refractivity contribution < 1.29 is 0 Å². The van der Waals surface area contributed by atoms with Gasteiger partial charge in [-0.2, -0.15) is 0 Å². The van der Waals surface area contributed by atoms with Gasteiger partial charge in [0.1, 0.15) is 6.33 Å². The molecule has 1 aliphatic heterocycles. The summed E-state index contributed by atoms with van der Waals surface area (Å²) in [6.45, 7) is 4.16. The van der Waals surface area contributed by atoms with Crippen LogP contribution in [0.5, 0.6) is 0 Å². The monoisotopic (exact) mass is 230 g/mol. The van der Waals surface area contributed by atoms with Gasteiger partial charge in [-0.3, -0.25) is 0 Å². The molecule has 88 valence electrons.